The summed E-state index contributed by atoms with van der Waals surface area (Å²) in [4.78, 5) is 11.7. The Bertz CT molecular complexity index is 438. The molecular formula is C13H19ClF2N2O2S. The average Bonchev–Trinajstić information content (AvgIpc) is 2.41. The number of rotatable bonds is 8. The monoisotopic (exact) mass is 340 g/mol. The van der Waals surface area contributed by atoms with E-state index < -0.39 is 12.7 Å². The van der Waals surface area contributed by atoms with Gasteiger partial charge in [-0.1, -0.05) is 12.1 Å². The maximum Gasteiger partial charge on any atom is 0.387 e. The second kappa shape index (κ2) is 10.6. The molecule has 0 aliphatic rings. The summed E-state index contributed by atoms with van der Waals surface area (Å²) in [6.45, 7) is -2.63. The largest absolute Gasteiger partial charge is 0.435 e. The Morgan fingerprint density at radius 2 is 2.19 bits per heavy atom. The minimum Gasteiger partial charge on any atom is -0.435 e. The lowest BCUT2D eigenvalue weighted by Crippen LogP contribution is -2.40. The molecule has 1 aromatic carbocycles. The summed E-state index contributed by atoms with van der Waals surface area (Å²) in [7, 11) is 0. The van der Waals surface area contributed by atoms with Gasteiger partial charge in [0.2, 0.25) is 5.91 Å². The molecule has 0 unspecified atom stereocenters. The van der Waals surface area contributed by atoms with Crippen molar-refractivity contribution in [2.45, 2.75) is 25.6 Å². The van der Waals surface area contributed by atoms with E-state index in [1.165, 1.54) is 12.1 Å². The molecule has 8 heteroatoms. The van der Waals surface area contributed by atoms with Gasteiger partial charge in [-0.15, -0.1) is 12.4 Å². The van der Waals surface area contributed by atoms with Crippen LogP contribution in [0.15, 0.2) is 24.3 Å². The maximum atomic E-state index is 12.1. The minimum atomic E-state index is -2.86. The third-order valence-corrected chi connectivity index (χ3v) is 3.20. The summed E-state index contributed by atoms with van der Waals surface area (Å²) in [6, 6.07) is 5.64. The van der Waals surface area contributed by atoms with Crippen molar-refractivity contribution in [2.75, 3.05) is 12.0 Å². The second-order valence-corrected chi connectivity index (χ2v) is 5.12. The van der Waals surface area contributed by atoms with E-state index in [9.17, 15) is 13.6 Å². The molecule has 0 heterocycles. The van der Waals surface area contributed by atoms with E-state index >= 15 is 0 Å². The lowest BCUT2D eigenvalue weighted by molar-refractivity contribution is -0.122. The van der Waals surface area contributed by atoms with Crippen molar-refractivity contribution in [3.63, 3.8) is 0 Å². The Kier molecular flexibility index (Phi) is 10.1. The molecule has 0 saturated heterocycles. The lowest BCUT2D eigenvalue weighted by Gasteiger charge is -2.12. The molecule has 0 saturated carbocycles. The first kappa shape index (κ1) is 19.9. The molecule has 0 spiro atoms. The molecular weight excluding hydrogens is 322 g/mol. The summed E-state index contributed by atoms with van der Waals surface area (Å²) in [5, 5.41) is 2.67. The molecule has 1 atom stereocenters. The van der Waals surface area contributed by atoms with E-state index in [0.717, 1.165) is 5.75 Å². The number of nitrogens with one attached hydrogen (secondary N) is 1. The van der Waals surface area contributed by atoms with Gasteiger partial charge in [-0.3, -0.25) is 4.79 Å². The SMILES string of the molecule is CSCC[C@H](N)C(=O)NCc1cccc(OC(F)F)c1.Cl. The topological polar surface area (TPSA) is 64.4 Å². The molecule has 0 fully saturated rings. The first-order valence-corrected chi connectivity index (χ1v) is 7.48. The Morgan fingerprint density at radius 3 is 2.81 bits per heavy atom. The zero-order chi connectivity index (χ0) is 15.0. The molecule has 0 aliphatic carbocycles. The molecule has 21 heavy (non-hydrogen) atoms. The predicted octanol–water partition coefficient (Wildman–Crippen LogP) is 2.41. The van der Waals surface area contributed by atoms with E-state index in [2.05, 4.69) is 10.1 Å². The highest BCUT2D eigenvalue weighted by Crippen LogP contribution is 2.15. The zero-order valence-corrected chi connectivity index (χ0v) is 13.2. The molecule has 0 bridgehead atoms. The minimum absolute atomic E-state index is 0. The highest BCUT2D eigenvalue weighted by Gasteiger charge is 2.12. The zero-order valence-electron chi connectivity index (χ0n) is 11.6. The van der Waals surface area contributed by atoms with Crippen LogP contribution in [0.4, 0.5) is 8.78 Å². The highest BCUT2D eigenvalue weighted by molar-refractivity contribution is 7.98. The number of amides is 1. The summed E-state index contributed by atoms with van der Waals surface area (Å²) in [5.74, 6) is 0.629. The van der Waals surface area contributed by atoms with E-state index in [0.29, 0.717) is 12.0 Å². The van der Waals surface area contributed by atoms with Gasteiger partial charge in [0.1, 0.15) is 5.75 Å². The van der Waals surface area contributed by atoms with Crippen molar-refractivity contribution >= 4 is 30.1 Å². The van der Waals surface area contributed by atoms with Gasteiger partial charge in [-0.2, -0.15) is 20.5 Å². The number of hydrogen-bond donors (Lipinski definition) is 2. The molecule has 3 N–H and O–H groups in total. The fourth-order valence-electron chi connectivity index (χ4n) is 1.53. The van der Waals surface area contributed by atoms with Gasteiger partial charge in [-0.05, 0) is 36.1 Å². The number of hydrogen-bond acceptors (Lipinski definition) is 4. The smallest absolute Gasteiger partial charge is 0.387 e. The quantitative estimate of drug-likeness (QED) is 0.762. The number of nitrogens with two attached hydrogens (primary N) is 1. The van der Waals surface area contributed by atoms with Crippen molar-refractivity contribution in [1.82, 2.24) is 5.32 Å². The van der Waals surface area contributed by atoms with E-state index in [1.807, 2.05) is 6.26 Å². The predicted molar refractivity (Wildman–Crippen MR) is 83.1 cm³/mol. The molecule has 1 aromatic rings. The molecule has 1 rings (SSSR count). The van der Waals surface area contributed by atoms with Crippen molar-refractivity contribution in [3.05, 3.63) is 29.8 Å². The van der Waals surface area contributed by atoms with Crippen LogP contribution in [0.2, 0.25) is 0 Å². The first-order valence-electron chi connectivity index (χ1n) is 6.09. The number of thioether (sulfide) groups is 1. The van der Waals surface area contributed by atoms with E-state index in [4.69, 9.17) is 5.73 Å². The van der Waals surface area contributed by atoms with Gasteiger partial charge in [0.05, 0.1) is 6.04 Å². The fourth-order valence-corrected chi connectivity index (χ4v) is 2.02. The number of halogens is 3. The van der Waals surface area contributed by atoms with Crippen molar-refractivity contribution in [3.8, 4) is 5.75 Å². The van der Waals surface area contributed by atoms with Crippen LogP contribution < -0.4 is 15.8 Å². The van der Waals surface area contributed by atoms with Crippen LogP contribution in [0.5, 0.6) is 5.75 Å². The van der Waals surface area contributed by atoms with Crippen LogP contribution in [0.1, 0.15) is 12.0 Å². The van der Waals surface area contributed by atoms with Crippen LogP contribution in [-0.2, 0) is 11.3 Å². The molecule has 0 radical (unpaired) electrons. The summed E-state index contributed by atoms with van der Waals surface area (Å²) in [5.41, 5.74) is 6.39. The standard InChI is InChI=1S/C13H18F2N2O2S.ClH/c1-20-6-5-11(16)12(18)17-8-9-3-2-4-10(7-9)19-13(14)15;/h2-4,7,11,13H,5-6,8,16H2,1H3,(H,17,18);1H/t11-;/m0./s1. The summed E-state index contributed by atoms with van der Waals surface area (Å²) in [6.07, 6.45) is 2.54. The summed E-state index contributed by atoms with van der Waals surface area (Å²) >= 11 is 1.62. The van der Waals surface area contributed by atoms with Crippen LogP contribution in [0.25, 0.3) is 0 Å². The third kappa shape index (κ3) is 8.08. The number of benzene rings is 1. The van der Waals surface area contributed by atoms with E-state index in [1.54, 1.807) is 23.9 Å². The van der Waals surface area contributed by atoms with Gasteiger partial charge in [-0.25, -0.2) is 0 Å². The van der Waals surface area contributed by atoms with Gasteiger partial charge >= 0.3 is 6.61 Å². The number of carbonyl (C=O) groups is 1. The van der Waals surface area contributed by atoms with Crippen LogP contribution in [0.3, 0.4) is 0 Å². The van der Waals surface area contributed by atoms with Gasteiger partial charge in [0, 0.05) is 6.54 Å². The number of alkyl halides is 2. The van der Waals surface area contributed by atoms with Crippen molar-refractivity contribution in [2.24, 2.45) is 5.73 Å². The third-order valence-electron chi connectivity index (χ3n) is 2.56. The lowest BCUT2D eigenvalue weighted by atomic mass is 10.2. The molecule has 120 valence electrons. The van der Waals surface area contributed by atoms with Gasteiger partial charge in [0.25, 0.3) is 0 Å². The van der Waals surface area contributed by atoms with Gasteiger partial charge in [0.15, 0.2) is 0 Å². The Hall–Kier alpha value is -1.05. The van der Waals surface area contributed by atoms with Crippen LogP contribution >= 0.6 is 24.2 Å². The normalized spacial score (nSPS) is 11.7. The summed E-state index contributed by atoms with van der Waals surface area (Å²) < 4.78 is 28.4. The molecule has 0 aromatic heterocycles. The average molecular weight is 341 g/mol. The molecule has 1 amide bonds. The first-order chi connectivity index (χ1) is 9.52. The second-order valence-electron chi connectivity index (χ2n) is 4.13. The molecule has 0 aliphatic heterocycles. The van der Waals surface area contributed by atoms with Crippen molar-refractivity contribution < 1.29 is 18.3 Å². The van der Waals surface area contributed by atoms with Crippen molar-refractivity contribution in [1.29, 1.82) is 0 Å². The van der Waals surface area contributed by atoms with Crippen LogP contribution in [-0.4, -0.2) is 30.6 Å². The van der Waals surface area contributed by atoms with Gasteiger partial charge < -0.3 is 15.8 Å². The Morgan fingerprint density at radius 1 is 1.48 bits per heavy atom. The highest BCUT2D eigenvalue weighted by atomic mass is 35.5. The number of ether oxygens (including phenoxy) is 1. The molecule has 4 nitrogen and oxygen atoms in total. The van der Waals surface area contributed by atoms with E-state index in [-0.39, 0.29) is 30.6 Å². The Balaban J connectivity index is 0.00000400. The fraction of sp³-hybridized carbons (Fsp3) is 0.462. The maximum absolute atomic E-state index is 12.1. The van der Waals surface area contributed by atoms with Crippen LogP contribution in [0, 0.1) is 0 Å². The number of carbonyl (C=O) groups excluding carboxylic acids is 1. The Labute approximate surface area is 133 Å².